The van der Waals surface area contributed by atoms with E-state index in [4.69, 9.17) is 5.11 Å². The van der Waals surface area contributed by atoms with E-state index in [9.17, 15) is 4.79 Å². The molecule has 0 aliphatic carbocycles. The molecule has 1 aliphatic heterocycles. The lowest BCUT2D eigenvalue weighted by atomic mass is 10.1. The van der Waals surface area contributed by atoms with Crippen LogP contribution in [0.4, 0.5) is 0 Å². The predicted molar refractivity (Wildman–Crippen MR) is 50.2 cm³/mol. The van der Waals surface area contributed by atoms with Crippen molar-refractivity contribution in [2.45, 2.75) is 13.3 Å². The first-order valence-corrected chi connectivity index (χ1v) is 4.83. The zero-order valence-electron chi connectivity index (χ0n) is 8.05. The third-order valence-corrected chi connectivity index (χ3v) is 2.37. The molecule has 1 amide bonds. The molecule has 0 aromatic carbocycles. The van der Waals surface area contributed by atoms with Gasteiger partial charge >= 0.3 is 0 Å². The molecule has 76 valence electrons. The Labute approximate surface area is 78.7 Å². The highest BCUT2D eigenvalue weighted by atomic mass is 16.3. The molecule has 4 nitrogen and oxygen atoms in total. The van der Waals surface area contributed by atoms with Gasteiger partial charge in [-0.1, -0.05) is 6.92 Å². The van der Waals surface area contributed by atoms with Crippen LogP contribution in [0.2, 0.25) is 0 Å². The van der Waals surface area contributed by atoms with E-state index in [2.05, 4.69) is 10.6 Å². The van der Waals surface area contributed by atoms with Crippen LogP contribution in [0.25, 0.3) is 0 Å². The fourth-order valence-electron chi connectivity index (χ4n) is 1.36. The first-order valence-electron chi connectivity index (χ1n) is 4.83. The maximum atomic E-state index is 11.4. The predicted octanol–water partition coefficient (Wildman–Crippen LogP) is -0.659. The highest BCUT2D eigenvalue weighted by molar-refractivity contribution is 5.79. The Balaban J connectivity index is 2.16. The van der Waals surface area contributed by atoms with Gasteiger partial charge in [0.25, 0.3) is 0 Å². The second kappa shape index (κ2) is 5.19. The van der Waals surface area contributed by atoms with E-state index in [0.717, 1.165) is 19.5 Å². The topological polar surface area (TPSA) is 61.4 Å². The highest BCUT2D eigenvalue weighted by Crippen LogP contribution is 2.06. The normalized spacial score (nSPS) is 24.3. The summed E-state index contributed by atoms with van der Waals surface area (Å²) in [6.07, 6.45) is 0.930. The summed E-state index contributed by atoms with van der Waals surface area (Å²) in [7, 11) is 0. The molecule has 1 rings (SSSR count). The van der Waals surface area contributed by atoms with Crippen molar-refractivity contribution in [3.63, 3.8) is 0 Å². The standard InChI is InChI=1S/C9H18N2O2/c1-7(6-12)4-11-9(13)8-2-3-10-5-8/h7-8,10,12H,2-6H2,1H3,(H,11,13). The van der Waals surface area contributed by atoms with E-state index in [-0.39, 0.29) is 24.3 Å². The summed E-state index contributed by atoms with van der Waals surface area (Å²) in [5.74, 6) is 0.398. The molecular weight excluding hydrogens is 168 g/mol. The van der Waals surface area contributed by atoms with Gasteiger partial charge in [-0.2, -0.15) is 0 Å². The SMILES string of the molecule is CC(CO)CNC(=O)C1CCNC1. The van der Waals surface area contributed by atoms with Crippen molar-refractivity contribution >= 4 is 5.91 Å². The Morgan fingerprint density at radius 1 is 1.77 bits per heavy atom. The third kappa shape index (κ3) is 3.32. The second-order valence-corrected chi connectivity index (χ2v) is 3.72. The van der Waals surface area contributed by atoms with Gasteiger partial charge in [0.2, 0.25) is 5.91 Å². The van der Waals surface area contributed by atoms with Crippen molar-refractivity contribution < 1.29 is 9.90 Å². The number of nitrogens with one attached hydrogen (secondary N) is 2. The average molecular weight is 186 g/mol. The number of carbonyl (C=O) groups is 1. The number of rotatable bonds is 4. The van der Waals surface area contributed by atoms with Crippen LogP contribution in [0, 0.1) is 11.8 Å². The van der Waals surface area contributed by atoms with Crippen LogP contribution in [0.1, 0.15) is 13.3 Å². The van der Waals surface area contributed by atoms with Gasteiger partial charge < -0.3 is 15.7 Å². The molecule has 4 heteroatoms. The van der Waals surface area contributed by atoms with Gasteiger partial charge in [-0.25, -0.2) is 0 Å². The smallest absolute Gasteiger partial charge is 0.224 e. The minimum Gasteiger partial charge on any atom is -0.396 e. The van der Waals surface area contributed by atoms with Crippen molar-refractivity contribution in [1.29, 1.82) is 0 Å². The zero-order valence-corrected chi connectivity index (χ0v) is 8.05. The number of aliphatic hydroxyl groups excluding tert-OH is 1. The lowest BCUT2D eigenvalue weighted by Gasteiger charge is -2.12. The molecule has 0 spiro atoms. The van der Waals surface area contributed by atoms with Gasteiger partial charge in [0.05, 0.1) is 5.92 Å². The number of hydrogen-bond donors (Lipinski definition) is 3. The van der Waals surface area contributed by atoms with Crippen molar-refractivity contribution in [3.8, 4) is 0 Å². The molecule has 0 saturated carbocycles. The summed E-state index contributed by atoms with van der Waals surface area (Å²) in [4.78, 5) is 11.4. The summed E-state index contributed by atoms with van der Waals surface area (Å²) in [5.41, 5.74) is 0. The summed E-state index contributed by atoms with van der Waals surface area (Å²) in [6, 6.07) is 0. The first kappa shape index (κ1) is 10.5. The minimum absolute atomic E-state index is 0.116. The quantitative estimate of drug-likeness (QED) is 0.546. The second-order valence-electron chi connectivity index (χ2n) is 3.72. The molecule has 0 bridgehead atoms. The van der Waals surface area contributed by atoms with Gasteiger partial charge in [0, 0.05) is 19.7 Å². The van der Waals surface area contributed by atoms with Crippen LogP contribution in [0.5, 0.6) is 0 Å². The van der Waals surface area contributed by atoms with Crippen molar-refractivity contribution in [2.24, 2.45) is 11.8 Å². The van der Waals surface area contributed by atoms with Gasteiger partial charge in [0.15, 0.2) is 0 Å². The lowest BCUT2D eigenvalue weighted by molar-refractivity contribution is -0.124. The summed E-state index contributed by atoms with van der Waals surface area (Å²) in [6.45, 7) is 4.34. The number of amides is 1. The van der Waals surface area contributed by atoms with Crippen molar-refractivity contribution in [3.05, 3.63) is 0 Å². The Morgan fingerprint density at radius 2 is 2.54 bits per heavy atom. The number of aliphatic hydroxyl groups is 1. The molecule has 3 N–H and O–H groups in total. The van der Waals surface area contributed by atoms with Gasteiger partial charge in [-0.15, -0.1) is 0 Å². The van der Waals surface area contributed by atoms with Crippen LogP contribution in [0.15, 0.2) is 0 Å². The van der Waals surface area contributed by atoms with Crippen LogP contribution in [-0.2, 0) is 4.79 Å². The highest BCUT2D eigenvalue weighted by Gasteiger charge is 2.21. The minimum atomic E-state index is 0.116. The molecule has 2 atom stereocenters. The maximum Gasteiger partial charge on any atom is 0.224 e. The Hall–Kier alpha value is -0.610. The zero-order chi connectivity index (χ0) is 9.68. The average Bonchev–Trinajstić information content (AvgIpc) is 2.66. The molecule has 1 fully saturated rings. The van der Waals surface area contributed by atoms with E-state index in [1.54, 1.807) is 0 Å². The Kier molecular flexibility index (Phi) is 4.18. The molecule has 1 heterocycles. The van der Waals surface area contributed by atoms with Crippen LogP contribution in [0.3, 0.4) is 0 Å². The van der Waals surface area contributed by atoms with Gasteiger partial charge in [0.1, 0.15) is 0 Å². The lowest BCUT2D eigenvalue weighted by Crippen LogP contribution is -2.35. The van der Waals surface area contributed by atoms with Crippen molar-refractivity contribution in [2.75, 3.05) is 26.2 Å². The van der Waals surface area contributed by atoms with Crippen LogP contribution in [-0.4, -0.2) is 37.3 Å². The molecule has 1 aliphatic rings. The number of carbonyl (C=O) groups excluding carboxylic acids is 1. The molecule has 13 heavy (non-hydrogen) atoms. The summed E-state index contributed by atoms with van der Waals surface area (Å²) in [5, 5.41) is 14.7. The molecule has 0 aromatic rings. The monoisotopic (exact) mass is 186 g/mol. The molecule has 0 radical (unpaired) electrons. The van der Waals surface area contributed by atoms with Crippen molar-refractivity contribution in [1.82, 2.24) is 10.6 Å². The van der Waals surface area contributed by atoms with E-state index >= 15 is 0 Å². The fraction of sp³-hybridized carbons (Fsp3) is 0.889. The van der Waals surface area contributed by atoms with E-state index in [0.29, 0.717) is 6.54 Å². The van der Waals surface area contributed by atoms with E-state index < -0.39 is 0 Å². The van der Waals surface area contributed by atoms with Gasteiger partial charge in [-0.3, -0.25) is 4.79 Å². The molecule has 0 aromatic heterocycles. The Bertz CT molecular complexity index is 167. The van der Waals surface area contributed by atoms with E-state index in [1.807, 2.05) is 6.92 Å². The van der Waals surface area contributed by atoms with E-state index in [1.165, 1.54) is 0 Å². The number of hydrogen-bond acceptors (Lipinski definition) is 3. The molecule has 2 unspecified atom stereocenters. The Morgan fingerprint density at radius 3 is 3.08 bits per heavy atom. The fourth-order valence-corrected chi connectivity index (χ4v) is 1.36. The molecular formula is C9H18N2O2. The third-order valence-electron chi connectivity index (χ3n) is 2.37. The van der Waals surface area contributed by atoms with Crippen LogP contribution >= 0.6 is 0 Å². The summed E-state index contributed by atoms with van der Waals surface area (Å²) < 4.78 is 0. The maximum absolute atomic E-state index is 11.4. The van der Waals surface area contributed by atoms with Gasteiger partial charge in [-0.05, 0) is 18.9 Å². The largest absolute Gasteiger partial charge is 0.396 e. The van der Waals surface area contributed by atoms with Crippen LogP contribution < -0.4 is 10.6 Å². The molecule has 1 saturated heterocycles. The summed E-state index contributed by atoms with van der Waals surface area (Å²) >= 11 is 0. The first-order chi connectivity index (χ1) is 6.24.